The van der Waals surface area contributed by atoms with Crippen LogP contribution >= 0.6 is 0 Å². The molecule has 0 radical (unpaired) electrons. The van der Waals surface area contributed by atoms with Gasteiger partial charge in [-0.15, -0.1) is 5.10 Å². The summed E-state index contributed by atoms with van der Waals surface area (Å²) in [6.45, 7) is 1.36. The molecule has 0 saturated carbocycles. The molecule has 2 atom stereocenters. The first-order chi connectivity index (χ1) is 9.15. The molecule has 1 aromatic rings. The number of nitrogens with two attached hydrogens (primary N) is 1. The number of nitrogens with zero attached hydrogens (tertiary/aromatic N) is 4. The molecule has 2 saturated heterocycles. The summed E-state index contributed by atoms with van der Waals surface area (Å²) in [5.74, 6) is 0.115. The van der Waals surface area contributed by atoms with Crippen molar-refractivity contribution in [1.82, 2.24) is 25.0 Å². The second kappa shape index (κ2) is 4.52. The number of carbonyl (C=O) groups is 2. The lowest BCUT2D eigenvalue weighted by atomic mass is 9.91. The zero-order chi connectivity index (χ0) is 13.4. The van der Waals surface area contributed by atoms with Crippen molar-refractivity contribution in [2.24, 2.45) is 5.92 Å². The minimum Gasteiger partial charge on any atom is -0.367 e. The molecule has 3 N–H and O–H groups in total. The highest BCUT2D eigenvalue weighted by Gasteiger charge is 2.42. The molecule has 19 heavy (non-hydrogen) atoms. The van der Waals surface area contributed by atoms with Gasteiger partial charge in [-0.2, -0.15) is 0 Å². The van der Waals surface area contributed by atoms with Crippen LogP contribution < -0.4 is 11.1 Å². The third-order valence-electron chi connectivity index (χ3n) is 3.77. The van der Waals surface area contributed by atoms with Gasteiger partial charge < -0.3 is 16.0 Å². The minimum atomic E-state index is -0.0569. The van der Waals surface area contributed by atoms with Gasteiger partial charge in [-0.1, -0.05) is 0 Å². The maximum atomic E-state index is 12.3. The summed E-state index contributed by atoms with van der Waals surface area (Å²) in [6.07, 6.45) is 3.16. The Labute approximate surface area is 110 Å². The molecule has 8 nitrogen and oxygen atoms in total. The third kappa shape index (κ3) is 2.13. The lowest BCUT2D eigenvalue weighted by molar-refractivity contribution is -0.137. The van der Waals surface area contributed by atoms with Crippen LogP contribution in [0.3, 0.4) is 0 Å². The Hall–Kier alpha value is -2.12. The summed E-state index contributed by atoms with van der Waals surface area (Å²) in [5, 5.41) is 6.73. The van der Waals surface area contributed by atoms with Crippen LogP contribution in [0.5, 0.6) is 0 Å². The molecule has 2 fully saturated rings. The van der Waals surface area contributed by atoms with Crippen LogP contribution in [0.25, 0.3) is 0 Å². The summed E-state index contributed by atoms with van der Waals surface area (Å²) in [7, 11) is 0. The number of rotatable bonds is 2. The quantitative estimate of drug-likeness (QED) is 0.683. The van der Waals surface area contributed by atoms with Gasteiger partial charge in [0.2, 0.25) is 17.8 Å². The number of hydrogen-bond donors (Lipinski definition) is 2. The number of aromatic nitrogens is 3. The van der Waals surface area contributed by atoms with Crippen molar-refractivity contribution >= 4 is 17.8 Å². The number of carbonyl (C=O) groups excluding carboxylic acids is 2. The maximum Gasteiger partial charge on any atom is 0.244 e. The van der Waals surface area contributed by atoms with Gasteiger partial charge in [0.25, 0.3) is 0 Å². The Kier molecular flexibility index (Phi) is 2.84. The summed E-state index contributed by atoms with van der Waals surface area (Å²) in [6, 6.07) is -0.0189. The van der Waals surface area contributed by atoms with E-state index in [0.29, 0.717) is 13.1 Å². The van der Waals surface area contributed by atoms with Crippen molar-refractivity contribution in [1.29, 1.82) is 0 Å². The SMILES string of the molecule is Nc1ncn(CC(=O)N2CCCC3C(=O)NCC32)n1. The molecule has 0 aromatic carbocycles. The zero-order valence-electron chi connectivity index (χ0n) is 10.5. The van der Waals surface area contributed by atoms with E-state index < -0.39 is 0 Å². The Morgan fingerprint density at radius 1 is 1.58 bits per heavy atom. The molecule has 2 aliphatic heterocycles. The zero-order valence-corrected chi connectivity index (χ0v) is 10.5. The van der Waals surface area contributed by atoms with Crippen LogP contribution in [-0.4, -0.2) is 50.6 Å². The standard InChI is InChI=1S/C11H16N6O2/c12-11-14-6-16(15-11)5-9(18)17-3-1-2-7-8(17)4-13-10(7)19/h6-8H,1-5H2,(H2,12,15)(H,13,19). The number of likely N-dealkylation sites (tertiary alicyclic amines) is 1. The Morgan fingerprint density at radius 2 is 2.42 bits per heavy atom. The van der Waals surface area contributed by atoms with Crippen LogP contribution in [-0.2, 0) is 16.1 Å². The van der Waals surface area contributed by atoms with Crippen molar-refractivity contribution in [2.45, 2.75) is 25.4 Å². The molecule has 0 aliphatic carbocycles. The third-order valence-corrected chi connectivity index (χ3v) is 3.77. The number of amides is 2. The van der Waals surface area contributed by atoms with Crippen LogP contribution in [0.2, 0.25) is 0 Å². The Balaban J connectivity index is 1.70. The molecule has 0 spiro atoms. The first-order valence-electron chi connectivity index (χ1n) is 6.37. The van der Waals surface area contributed by atoms with Crippen molar-refractivity contribution in [3.05, 3.63) is 6.33 Å². The lowest BCUT2D eigenvalue weighted by Crippen LogP contribution is -2.49. The first-order valence-corrected chi connectivity index (χ1v) is 6.37. The average molecular weight is 264 g/mol. The number of hydrogen-bond acceptors (Lipinski definition) is 5. The van der Waals surface area contributed by atoms with Crippen LogP contribution in [0, 0.1) is 5.92 Å². The topological polar surface area (TPSA) is 106 Å². The lowest BCUT2D eigenvalue weighted by Gasteiger charge is -2.35. The summed E-state index contributed by atoms with van der Waals surface area (Å²) in [5.41, 5.74) is 5.41. The van der Waals surface area contributed by atoms with Crippen LogP contribution in [0.4, 0.5) is 5.95 Å². The maximum absolute atomic E-state index is 12.3. The van der Waals surface area contributed by atoms with Gasteiger partial charge in [-0.25, -0.2) is 9.67 Å². The molecule has 102 valence electrons. The van der Waals surface area contributed by atoms with E-state index in [0.717, 1.165) is 12.8 Å². The van der Waals surface area contributed by atoms with Gasteiger partial charge in [0.1, 0.15) is 12.9 Å². The average Bonchev–Trinajstić information content (AvgIpc) is 2.96. The fourth-order valence-corrected chi connectivity index (χ4v) is 2.88. The van der Waals surface area contributed by atoms with Crippen molar-refractivity contribution in [3.8, 4) is 0 Å². The predicted molar refractivity (Wildman–Crippen MR) is 65.7 cm³/mol. The molecule has 3 heterocycles. The van der Waals surface area contributed by atoms with Crippen LogP contribution in [0.15, 0.2) is 6.33 Å². The smallest absolute Gasteiger partial charge is 0.244 e. The van der Waals surface area contributed by atoms with E-state index in [9.17, 15) is 9.59 Å². The second-order valence-electron chi connectivity index (χ2n) is 4.95. The van der Waals surface area contributed by atoms with E-state index >= 15 is 0 Å². The van der Waals surface area contributed by atoms with E-state index in [2.05, 4.69) is 15.4 Å². The number of fused-ring (bicyclic) bond motifs is 1. The van der Waals surface area contributed by atoms with E-state index in [1.54, 1.807) is 4.90 Å². The minimum absolute atomic E-state index is 0.0189. The number of nitrogens with one attached hydrogen (secondary N) is 1. The van der Waals surface area contributed by atoms with Crippen molar-refractivity contribution < 1.29 is 9.59 Å². The molecule has 3 rings (SSSR count). The van der Waals surface area contributed by atoms with E-state index in [-0.39, 0.29) is 36.3 Å². The fourth-order valence-electron chi connectivity index (χ4n) is 2.88. The number of piperidine rings is 1. The predicted octanol–water partition coefficient (Wildman–Crippen LogP) is -1.40. The van der Waals surface area contributed by atoms with Gasteiger partial charge in [-0.05, 0) is 12.8 Å². The number of anilines is 1. The highest BCUT2D eigenvalue weighted by molar-refractivity contribution is 5.84. The van der Waals surface area contributed by atoms with Crippen LogP contribution in [0.1, 0.15) is 12.8 Å². The number of nitrogen functional groups attached to an aromatic ring is 1. The fraction of sp³-hybridized carbons (Fsp3) is 0.636. The molecule has 2 amide bonds. The second-order valence-corrected chi connectivity index (χ2v) is 4.95. The van der Waals surface area contributed by atoms with E-state index in [1.807, 2.05) is 0 Å². The summed E-state index contributed by atoms with van der Waals surface area (Å²) in [4.78, 5) is 29.5. The monoisotopic (exact) mass is 264 g/mol. The van der Waals surface area contributed by atoms with Crippen molar-refractivity contribution in [3.63, 3.8) is 0 Å². The van der Waals surface area contributed by atoms with Gasteiger partial charge in [0.15, 0.2) is 0 Å². The van der Waals surface area contributed by atoms with Gasteiger partial charge in [0, 0.05) is 13.1 Å². The summed E-state index contributed by atoms with van der Waals surface area (Å²) < 4.78 is 1.42. The first kappa shape index (κ1) is 11.9. The van der Waals surface area contributed by atoms with Gasteiger partial charge in [-0.3, -0.25) is 9.59 Å². The van der Waals surface area contributed by atoms with E-state index in [4.69, 9.17) is 5.73 Å². The Bertz CT molecular complexity index is 513. The molecule has 1 aromatic heterocycles. The molecule has 0 bridgehead atoms. The normalized spacial score (nSPS) is 26.1. The molecule has 2 unspecified atom stereocenters. The van der Waals surface area contributed by atoms with Gasteiger partial charge >= 0.3 is 0 Å². The largest absolute Gasteiger partial charge is 0.367 e. The Morgan fingerprint density at radius 3 is 3.16 bits per heavy atom. The van der Waals surface area contributed by atoms with Gasteiger partial charge in [0.05, 0.1) is 12.0 Å². The van der Waals surface area contributed by atoms with E-state index in [1.165, 1.54) is 11.0 Å². The molecular weight excluding hydrogens is 248 g/mol. The molecular formula is C11H16N6O2. The molecule has 8 heteroatoms. The highest BCUT2D eigenvalue weighted by atomic mass is 16.2. The highest BCUT2D eigenvalue weighted by Crippen LogP contribution is 2.27. The van der Waals surface area contributed by atoms with Crippen molar-refractivity contribution in [2.75, 3.05) is 18.8 Å². The summed E-state index contributed by atoms with van der Waals surface area (Å²) >= 11 is 0. The molecule has 2 aliphatic rings.